The molecule has 2 aromatic carbocycles. The van der Waals surface area contributed by atoms with Crippen LogP contribution in [0.2, 0.25) is 0 Å². The summed E-state index contributed by atoms with van der Waals surface area (Å²) in [5.74, 6) is -0.0800. The van der Waals surface area contributed by atoms with Crippen molar-refractivity contribution in [2.45, 2.75) is 74.1 Å². The predicted octanol–water partition coefficient (Wildman–Crippen LogP) is 2.92. The lowest BCUT2D eigenvalue weighted by Gasteiger charge is -2.30. The van der Waals surface area contributed by atoms with Gasteiger partial charge >= 0.3 is 6.09 Å². The van der Waals surface area contributed by atoms with Crippen molar-refractivity contribution < 1.29 is 42.3 Å². The molecule has 0 radical (unpaired) electrons. The highest BCUT2D eigenvalue weighted by atomic mass is 32.2. The lowest BCUT2D eigenvalue weighted by atomic mass is 10.0. The summed E-state index contributed by atoms with van der Waals surface area (Å²) in [6.45, 7) is 0.172. The summed E-state index contributed by atoms with van der Waals surface area (Å²) in [7, 11) is -4.43. The quantitative estimate of drug-likeness (QED) is 0.271. The molecule has 2 saturated heterocycles. The molecular weight excluding hydrogens is 570 g/mol. The summed E-state index contributed by atoms with van der Waals surface area (Å²) < 4.78 is 44.8. The number of rotatable bonds is 12. The van der Waals surface area contributed by atoms with Crippen LogP contribution in [-0.2, 0) is 35.5 Å². The van der Waals surface area contributed by atoms with Gasteiger partial charge in [-0.1, -0.05) is 53.7 Å². The minimum absolute atomic E-state index is 0.0800. The Morgan fingerprint density at radius 3 is 2.62 bits per heavy atom. The smallest absolute Gasteiger partial charge is 0.407 e. The number of nitrogens with zero attached hydrogens (tertiary/aromatic N) is 2. The molecule has 13 nitrogen and oxygen atoms in total. The maximum absolute atomic E-state index is 13.7. The van der Waals surface area contributed by atoms with Crippen LogP contribution >= 0.6 is 0 Å². The third-order valence-corrected chi connectivity index (χ3v) is 9.43. The summed E-state index contributed by atoms with van der Waals surface area (Å²) in [6, 6.07) is 12.8. The predicted molar refractivity (Wildman–Crippen MR) is 147 cm³/mol. The third kappa shape index (κ3) is 7.25. The van der Waals surface area contributed by atoms with Crippen LogP contribution in [0.1, 0.15) is 37.7 Å². The van der Waals surface area contributed by atoms with Crippen LogP contribution in [0.5, 0.6) is 0 Å². The second kappa shape index (κ2) is 13.4. The van der Waals surface area contributed by atoms with Crippen molar-refractivity contribution in [2.75, 3.05) is 19.8 Å². The fraction of sp³-hybridized carbons (Fsp3) is 0.536. The third-order valence-electron chi connectivity index (χ3n) is 7.81. The van der Waals surface area contributed by atoms with Crippen molar-refractivity contribution >= 4 is 21.8 Å². The minimum Gasteiger partial charge on any atom is -0.443 e. The number of fused-ring (bicyclic) bond motifs is 1. The Kier molecular flexibility index (Phi) is 9.70. The molecule has 228 valence electrons. The van der Waals surface area contributed by atoms with Gasteiger partial charge in [0.05, 0.1) is 53.7 Å². The van der Waals surface area contributed by atoms with Crippen LogP contribution in [0.4, 0.5) is 10.5 Å². The standard InChI is InChI=1S/C28H35N3O10S/c32-25(17-30(41-21-10-4-5-11-21)42(36,37)22-12-6-9-20(16-22)31(34)35)24(15-19-7-2-1-3-8-19)29-28(33)40-26-18-39-27-23(26)13-14-38-27/h1-3,6-9,12,16,21,23-27,32H,4-5,10-11,13-15,17-18H2,(H,29,33)/t23?,24-,25?,26?,27?/m0/s1. The van der Waals surface area contributed by atoms with E-state index >= 15 is 0 Å². The first-order valence-electron chi connectivity index (χ1n) is 14.1. The number of nitrogens with one attached hydrogen (secondary N) is 1. The number of ether oxygens (including phenoxy) is 3. The average molecular weight is 606 g/mol. The number of nitro benzene ring substituents is 1. The molecule has 42 heavy (non-hydrogen) atoms. The van der Waals surface area contributed by atoms with E-state index in [1.807, 2.05) is 30.3 Å². The SMILES string of the molecule is O=C(N[C@@H](Cc1ccccc1)C(O)CN(OC1CCCC1)S(=O)(=O)c1cccc([N+](=O)[O-])c1)OC1COC2OCCC12. The van der Waals surface area contributed by atoms with Gasteiger partial charge in [0.25, 0.3) is 15.7 Å². The number of carbonyl (C=O) groups is 1. The molecule has 1 aliphatic carbocycles. The van der Waals surface area contributed by atoms with E-state index in [1.165, 1.54) is 18.2 Å². The molecule has 3 aliphatic rings. The van der Waals surface area contributed by atoms with Gasteiger partial charge in [-0.2, -0.15) is 0 Å². The molecule has 5 rings (SSSR count). The molecule has 3 fully saturated rings. The van der Waals surface area contributed by atoms with E-state index in [2.05, 4.69) is 5.32 Å². The Bertz CT molecular complexity index is 1340. The minimum atomic E-state index is -4.43. The first kappa shape index (κ1) is 30.3. The molecule has 4 unspecified atom stereocenters. The maximum Gasteiger partial charge on any atom is 0.407 e. The number of hydrogen-bond acceptors (Lipinski definition) is 10. The lowest BCUT2D eigenvalue weighted by molar-refractivity contribution is -0.385. The molecule has 2 aliphatic heterocycles. The first-order chi connectivity index (χ1) is 20.2. The number of hydroxylamine groups is 1. The van der Waals surface area contributed by atoms with Gasteiger partial charge in [0.2, 0.25) is 0 Å². The summed E-state index contributed by atoms with van der Waals surface area (Å²) in [4.78, 5) is 29.2. The van der Waals surface area contributed by atoms with Gasteiger partial charge in [-0.25, -0.2) is 13.2 Å². The van der Waals surface area contributed by atoms with Crippen LogP contribution in [-0.4, -0.2) is 79.4 Å². The molecular formula is C28H35N3O10S. The number of nitro groups is 1. The van der Waals surface area contributed by atoms with E-state index in [-0.39, 0.29) is 23.8 Å². The topological polar surface area (TPSA) is 167 Å². The molecule has 0 aromatic heterocycles. The van der Waals surface area contributed by atoms with Gasteiger partial charge in [0, 0.05) is 12.1 Å². The molecule has 1 amide bonds. The number of sulfonamides is 1. The van der Waals surface area contributed by atoms with Crippen LogP contribution in [0.15, 0.2) is 59.5 Å². The molecule has 2 heterocycles. The number of alkyl carbamates (subject to hydrolysis) is 1. The summed E-state index contributed by atoms with van der Waals surface area (Å²) in [5.41, 5.74) is 0.398. The molecule has 0 bridgehead atoms. The van der Waals surface area contributed by atoms with Crippen LogP contribution < -0.4 is 5.32 Å². The van der Waals surface area contributed by atoms with Gasteiger partial charge in [-0.05, 0) is 37.3 Å². The lowest BCUT2D eigenvalue weighted by Crippen LogP contribution is -2.51. The van der Waals surface area contributed by atoms with Crippen molar-refractivity contribution in [2.24, 2.45) is 5.92 Å². The summed E-state index contributed by atoms with van der Waals surface area (Å²) in [5, 5.41) is 25.4. The van der Waals surface area contributed by atoms with Crippen LogP contribution in [0, 0.1) is 16.0 Å². The van der Waals surface area contributed by atoms with Crippen molar-refractivity contribution in [3.05, 3.63) is 70.3 Å². The van der Waals surface area contributed by atoms with Gasteiger partial charge in [0.15, 0.2) is 6.29 Å². The molecule has 0 spiro atoms. The zero-order chi connectivity index (χ0) is 29.7. The number of benzene rings is 2. The van der Waals surface area contributed by atoms with Crippen LogP contribution in [0.25, 0.3) is 0 Å². The number of amides is 1. The first-order valence-corrected chi connectivity index (χ1v) is 15.5. The second-order valence-corrected chi connectivity index (χ2v) is 12.6. The number of non-ortho nitro benzene ring substituents is 1. The fourth-order valence-corrected chi connectivity index (χ4v) is 6.87. The van der Waals surface area contributed by atoms with E-state index in [4.69, 9.17) is 19.0 Å². The van der Waals surface area contributed by atoms with E-state index in [0.717, 1.165) is 24.5 Å². The monoisotopic (exact) mass is 605 g/mol. The molecule has 14 heteroatoms. The van der Waals surface area contributed by atoms with Crippen molar-refractivity contribution in [3.8, 4) is 0 Å². The van der Waals surface area contributed by atoms with Gasteiger partial charge in [0.1, 0.15) is 6.10 Å². The Hall–Kier alpha value is -3.14. The van der Waals surface area contributed by atoms with E-state index in [1.54, 1.807) is 0 Å². The Balaban J connectivity index is 1.36. The average Bonchev–Trinajstić information content (AvgIpc) is 3.74. The maximum atomic E-state index is 13.7. The zero-order valence-corrected chi connectivity index (χ0v) is 23.8. The molecule has 5 atom stereocenters. The van der Waals surface area contributed by atoms with E-state index < -0.39 is 63.9 Å². The van der Waals surface area contributed by atoms with Gasteiger partial charge < -0.3 is 24.6 Å². The molecule has 2 N–H and O–H groups in total. The van der Waals surface area contributed by atoms with Crippen molar-refractivity contribution in [1.82, 2.24) is 9.79 Å². The zero-order valence-electron chi connectivity index (χ0n) is 22.9. The van der Waals surface area contributed by atoms with Gasteiger partial charge in [-0.3, -0.25) is 15.0 Å². The number of aliphatic hydroxyl groups excluding tert-OH is 1. The highest BCUT2D eigenvalue weighted by Gasteiger charge is 2.44. The summed E-state index contributed by atoms with van der Waals surface area (Å²) >= 11 is 0. The second-order valence-electron chi connectivity index (χ2n) is 10.7. The van der Waals surface area contributed by atoms with Gasteiger partial charge in [-0.15, -0.1) is 0 Å². The summed E-state index contributed by atoms with van der Waals surface area (Å²) in [6.07, 6.45) is 0.311. The van der Waals surface area contributed by atoms with Crippen LogP contribution in [0.3, 0.4) is 0 Å². The number of hydrogen-bond donors (Lipinski definition) is 2. The number of carbonyl (C=O) groups excluding carboxylic acids is 1. The van der Waals surface area contributed by atoms with Crippen molar-refractivity contribution in [3.63, 3.8) is 0 Å². The Labute approximate surface area is 243 Å². The molecule has 2 aromatic rings. The Morgan fingerprint density at radius 2 is 1.88 bits per heavy atom. The highest BCUT2D eigenvalue weighted by Crippen LogP contribution is 2.33. The largest absolute Gasteiger partial charge is 0.443 e. The highest BCUT2D eigenvalue weighted by molar-refractivity contribution is 7.89. The fourth-order valence-electron chi connectivity index (χ4n) is 5.53. The van der Waals surface area contributed by atoms with E-state index in [0.29, 0.717) is 30.3 Å². The molecule has 1 saturated carbocycles. The number of aliphatic hydroxyl groups is 1. The van der Waals surface area contributed by atoms with Crippen molar-refractivity contribution in [1.29, 1.82) is 0 Å². The van der Waals surface area contributed by atoms with E-state index in [9.17, 15) is 28.4 Å². The normalized spacial score (nSPS) is 23.9. The Morgan fingerprint density at radius 1 is 1.12 bits per heavy atom.